The molecule has 0 aliphatic carbocycles. The van der Waals surface area contributed by atoms with E-state index in [0.29, 0.717) is 25.9 Å². The lowest BCUT2D eigenvalue weighted by molar-refractivity contribution is -0.138. The zero-order valence-corrected chi connectivity index (χ0v) is 11.9. The molecule has 108 valence electrons. The highest BCUT2D eigenvalue weighted by molar-refractivity contribution is 5.93. The molecule has 2 fully saturated rings. The Morgan fingerprint density at radius 1 is 1.47 bits per heavy atom. The number of carbonyl (C=O) groups is 2. The minimum atomic E-state index is -0.746. The Morgan fingerprint density at radius 3 is 2.89 bits per heavy atom. The molecule has 0 spiro atoms. The Labute approximate surface area is 114 Å². The third kappa shape index (κ3) is 3.26. The molecular weight excluding hydrogens is 244 g/mol. The number of carbonyl (C=O) groups excluding carboxylic acids is 2. The van der Waals surface area contributed by atoms with Crippen LogP contribution in [0.1, 0.15) is 46.0 Å². The number of nitrogens with zero attached hydrogens (tertiary/aromatic N) is 1. The zero-order chi connectivity index (χ0) is 13.9. The summed E-state index contributed by atoms with van der Waals surface area (Å²) >= 11 is 0. The maximum atomic E-state index is 12.5. The second-order valence-corrected chi connectivity index (χ2v) is 5.70. The van der Waals surface area contributed by atoms with Crippen molar-refractivity contribution in [2.45, 2.75) is 57.6 Å². The molecule has 2 rings (SSSR count). The molecule has 2 aliphatic heterocycles. The molecule has 2 atom stereocenters. The van der Waals surface area contributed by atoms with Gasteiger partial charge in [0.2, 0.25) is 11.8 Å². The molecular formula is C14H24N2O3. The van der Waals surface area contributed by atoms with E-state index in [2.05, 4.69) is 5.32 Å². The van der Waals surface area contributed by atoms with E-state index in [1.54, 1.807) is 0 Å². The zero-order valence-electron chi connectivity index (χ0n) is 11.9. The molecule has 0 bridgehead atoms. The van der Waals surface area contributed by atoms with E-state index >= 15 is 0 Å². The van der Waals surface area contributed by atoms with Crippen LogP contribution >= 0.6 is 0 Å². The van der Waals surface area contributed by atoms with E-state index in [9.17, 15) is 9.59 Å². The van der Waals surface area contributed by atoms with Crippen molar-refractivity contribution in [2.24, 2.45) is 0 Å². The van der Waals surface area contributed by atoms with Crippen LogP contribution in [-0.2, 0) is 14.3 Å². The topological polar surface area (TPSA) is 58.6 Å². The average Bonchev–Trinajstić information content (AvgIpc) is 2.87. The molecule has 0 aromatic heterocycles. The van der Waals surface area contributed by atoms with E-state index in [-0.39, 0.29) is 17.9 Å². The first-order valence-electron chi connectivity index (χ1n) is 7.27. The summed E-state index contributed by atoms with van der Waals surface area (Å²) in [5.74, 6) is 0.0103. The summed E-state index contributed by atoms with van der Waals surface area (Å²) in [7, 11) is 0. The standard InChI is InChI=1S/C14H24N2O3/c1-3-14(2)13(18)16(9-7-12(17)15-14)8-6-11-5-4-10-19-11/h11H,3-10H2,1-2H3,(H,15,17). The highest BCUT2D eigenvalue weighted by atomic mass is 16.5. The average molecular weight is 268 g/mol. The molecule has 0 aromatic carbocycles. The summed E-state index contributed by atoms with van der Waals surface area (Å²) in [5.41, 5.74) is -0.746. The van der Waals surface area contributed by atoms with Crippen LogP contribution < -0.4 is 5.32 Å². The van der Waals surface area contributed by atoms with Gasteiger partial charge in [-0.05, 0) is 32.6 Å². The van der Waals surface area contributed by atoms with Crippen LogP contribution in [0.25, 0.3) is 0 Å². The van der Waals surface area contributed by atoms with Gasteiger partial charge in [0, 0.05) is 26.1 Å². The first kappa shape index (κ1) is 14.3. The Balaban J connectivity index is 1.97. The van der Waals surface area contributed by atoms with Crippen molar-refractivity contribution in [3.63, 3.8) is 0 Å². The number of hydrogen-bond donors (Lipinski definition) is 1. The van der Waals surface area contributed by atoms with Gasteiger partial charge in [-0.25, -0.2) is 0 Å². The first-order valence-corrected chi connectivity index (χ1v) is 7.27. The third-order valence-corrected chi connectivity index (χ3v) is 4.24. The fraction of sp³-hybridized carbons (Fsp3) is 0.857. The van der Waals surface area contributed by atoms with E-state index < -0.39 is 5.54 Å². The van der Waals surface area contributed by atoms with Crippen LogP contribution in [0.3, 0.4) is 0 Å². The molecule has 5 nitrogen and oxygen atoms in total. The highest BCUT2D eigenvalue weighted by Crippen LogP contribution is 2.20. The fourth-order valence-electron chi connectivity index (χ4n) is 2.74. The molecule has 0 saturated carbocycles. The summed E-state index contributed by atoms with van der Waals surface area (Å²) in [6.45, 7) is 5.80. The minimum Gasteiger partial charge on any atom is -0.378 e. The van der Waals surface area contributed by atoms with Crippen molar-refractivity contribution in [1.82, 2.24) is 10.2 Å². The van der Waals surface area contributed by atoms with E-state index in [0.717, 1.165) is 25.9 Å². The van der Waals surface area contributed by atoms with Gasteiger partial charge in [0.05, 0.1) is 6.10 Å². The summed E-state index contributed by atoms with van der Waals surface area (Å²) < 4.78 is 5.59. The van der Waals surface area contributed by atoms with Crippen molar-refractivity contribution in [1.29, 1.82) is 0 Å². The molecule has 19 heavy (non-hydrogen) atoms. The summed E-state index contributed by atoms with van der Waals surface area (Å²) in [6.07, 6.45) is 4.38. The Morgan fingerprint density at radius 2 is 2.26 bits per heavy atom. The van der Waals surface area contributed by atoms with Gasteiger partial charge in [0.15, 0.2) is 0 Å². The van der Waals surface area contributed by atoms with Crippen LogP contribution in [0.4, 0.5) is 0 Å². The Kier molecular flexibility index (Phi) is 4.45. The van der Waals surface area contributed by atoms with Crippen LogP contribution in [0, 0.1) is 0 Å². The van der Waals surface area contributed by atoms with Crippen molar-refractivity contribution < 1.29 is 14.3 Å². The SMILES string of the molecule is CCC1(C)NC(=O)CCN(CCC2CCCO2)C1=O. The lowest BCUT2D eigenvalue weighted by Crippen LogP contribution is -2.54. The van der Waals surface area contributed by atoms with Gasteiger partial charge in [-0.1, -0.05) is 6.92 Å². The van der Waals surface area contributed by atoms with E-state index in [1.807, 2.05) is 18.7 Å². The Hall–Kier alpha value is -1.10. The molecule has 2 amide bonds. The molecule has 0 radical (unpaired) electrons. The molecule has 0 aromatic rings. The monoisotopic (exact) mass is 268 g/mol. The largest absolute Gasteiger partial charge is 0.378 e. The molecule has 5 heteroatoms. The number of nitrogens with one attached hydrogen (secondary N) is 1. The van der Waals surface area contributed by atoms with E-state index in [1.165, 1.54) is 0 Å². The highest BCUT2D eigenvalue weighted by Gasteiger charge is 2.39. The second kappa shape index (κ2) is 5.90. The first-order chi connectivity index (χ1) is 9.05. The number of ether oxygens (including phenoxy) is 1. The van der Waals surface area contributed by atoms with Crippen molar-refractivity contribution in [3.8, 4) is 0 Å². The van der Waals surface area contributed by atoms with Crippen molar-refractivity contribution >= 4 is 11.8 Å². The second-order valence-electron chi connectivity index (χ2n) is 5.70. The number of hydrogen-bond acceptors (Lipinski definition) is 3. The van der Waals surface area contributed by atoms with Crippen molar-refractivity contribution in [3.05, 3.63) is 0 Å². The lowest BCUT2D eigenvalue weighted by atomic mass is 9.97. The third-order valence-electron chi connectivity index (χ3n) is 4.24. The summed E-state index contributed by atoms with van der Waals surface area (Å²) in [5, 5.41) is 2.85. The van der Waals surface area contributed by atoms with Gasteiger partial charge in [0.25, 0.3) is 0 Å². The van der Waals surface area contributed by atoms with Crippen LogP contribution in [0.2, 0.25) is 0 Å². The van der Waals surface area contributed by atoms with Gasteiger partial charge < -0.3 is 15.0 Å². The molecule has 1 N–H and O–H groups in total. The molecule has 2 saturated heterocycles. The fourth-order valence-corrected chi connectivity index (χ4v) is 2.74. The van der Waals surface area contributed by atoms with E-state index in [4.69, 9.17) is 4.74 Å². The summed E-state index contributed by atoms with van der Waals surface area (Å²) in [6, 6.07) is 0. The molecule has 2 unspecified atom stereocenters. The van der Waals surface area contributed by atoms with Crippen LogP contribution in [0.5, 0.6) is 0 Å². The predicted octanol–water partition coefficient (Wildman–Crippen LogP) is 1.07. The normalized spacial score (nSPS) is 32.3. The molecule has 2 aliphatic rings. The van der Waals surface area contributed by atoms with Crippen LogP contribution in [0.15, 0.2) is 0 Å². The quantitative estimate of drug-likeness (QED) is 0.830. The summed E-state index contributed by atoms with van der Waals surface area (Å²) in [4.78, 5) is 26.0. The maximum absolute atomic E-state index is 12.5. The number of rotatable bonds is 4. The van der Waals surface area contributed by atoms with Crippen molar-refractivity contribution in [2.75, 3.05) is 19.7 Å². The van der Waals surface area contributed by atoms with Gasteiger partial charge in [0.1, 0.15) is 5.54 Å². The van der Waals surface area contributed by atoms with Gasteiger partial charge >= 0.3 is 0 Å². The van der Waals surface area contributed by atoms with Gasteiger partial charge in [-0.2, -0.15) is 0 Å². The van der Waals surface area contributed by atoms with Gasteiger partial charge in [-0.3, -0.25) is 9.59 Å². The van der Waals surface area contributed by atoms with Gasteiger partial charge in [-0.15, -0.1) is 0 Å². The smallest absolute Gasteiger partial charge is 0.248 e. The maximum Gasteiger partial charge on any atom is 0.248 e. The molecule has 2 heterocycles. The predicted molar refractivity (Wildman–Crippen MR) is 71.6 cm³/mol. The number of amides is 2. The minimum absolute atomic E-state index is 0.0303. The van der Waals surface area contributed by atoms with Crippen LogP contribution in [-0.4, -0.2) is 48.1 Å². The lowest BCUT2D eigenvalue weighted by Gasteiger charge is -2.31. The Bertz CT molecular complexity index is 353.